The Bertz CT molecular complexity index is 884. The Morgan fingerprint density at radius 1 is 0.920 bits per heavy atom. The number of pyridine rings is 1. The van der Waals surface area contributed by atoms with E-state index in [4.69, 9.17) is 0 Å². The van der Waals surface area contributed by atoms with Gasteiger partial charge in [-0.2, -0.15) is 0 Å². The van der Waals surface area contributed by atoms with Crippen LogP contribution in [0.4, 0.5) is 17.5 Å². The van der Waals surface area contributed by atoms with E-state index in [9.17, 15) is 8.42 Å². The van der Waals surface area contributed by atoms with E-state index in [-0.39, 0.29) is 6.54 Å². The number of hydrogen-bond donors (Lipinski definition) is 3. The number of nitrogens with one attached hydrogen (secondary N) is 3. The smallest absolute Gasteiger partial charge is 0.250 e. The van der Waals surface area contributed by atoms with E-state index in [0.29, 0.717) is 28.2 Å². The van der Waals surface area contributed by atoms with Gasteiger partial charge in [0, 0.05) is 19.3 Å². The molecule has 3 aromatic rings. The zero-order valence-electron chi connectivity index (χ0n) is 13.1. The van der Waals surface area contributed by atoms with Crippen molar-refractivity contribution in [1.29, 1.82) is 0 Å². The number of sulfonamides is 1. The zero-order valence-corrected chi connectivity index (χ0v) is 14.7. The standard InChI is InChI=1S/C15H16N6O2S2/c22-25(23,15-5-3-11-24-15)18-10-9-17-13-6-7-14(21-20-13)19-12-4-1-2-8-16-12/h1-8,11,18H,9-10H2,(H,17,20)(H,16,19,21). The van der Waals surface area contributed by atoms with Crippen LogP contribution < -0.4 is 15.4 Å². The second-order valence-electron chi connectivity index (χ2n) is 4.90. The summed E-state index contributed by atoms with van der Waals surface area (Å²) in [5, 5.41) is 15.8. The summed E-state index contributed by atoms with van der Waals surface area (Å²) in [5.41, 5.74) is 0. The summed E-state index contributed by atoms with van der Waals surface area (Å²) in [4.78, 5) is 4.14. The van der Waals surface area contributed by atoms with Crippen molar-refractivity contribution < 1.29 is 8.42 Å². The van der Waals surface area contributed by atoms with Crippen LogP contribution in [0, 0.1) is 0 Å². The van der Waals surface area contributed by atoms with Crippen LogP contribution in [0.3, 0.4) is 0 Å². The van der Waals surface area contributed by atoms with Crippen LogP contribution in [0.15, 0.2) is 58.3 Å². The molecule has 0 saturated carbocycles. The molecule has 25 heavy (non-hydrogen) atoms. The molecule has 0 saturated heterocycles. The molecule has 0 aliphatic rings. The van der Waals surface area contributed by atoms with Gasteiger partial charge in [0.1, 0.15) is 15.8 Å². The van der Waals surface area contributed by atoms with Crippen LogP contribution in [0.5, 0.6) is 0 Å². The van der Waals surface area contributed by atoms with Gasteiger partial charge in [0.2, 0.25) is 10.0 Å². The van der Waals surface area contributed by atoms with Gasteiger partial charge in [0.25, 0.3) is 0 Å². The van der Waals surface area contributed by atoms with Gasteiger partial charge in [-0.25, -0.2) is 18.1 Å². The van der Waals surface area contributed by atoms with E-state index in [2.05, 4.69) is 30.5 Å². The van der Waals surface area contributed by atoms with Gasteiger partial charge in [-0.1, -0.05) is 12.1 Å². The molecule has 3 heterocycles. The molecular weight excluding hydrogens is 360 g/mol. The fourth-order valence-corrected chi connectivity index (χ4v) is 3.99. The average molecular weight is 376 g/mol. The first kappa shape index (κ1) is 17.3. The largest absolute Gasteiger partial charge is 0.367 e. The summed E-state index contributed by atoms with van der Waals surface area (Å²) < 4.78 is 26.7. The van der Waals surface area contributed by atoms with Crippen molar-refractivity contribution in [2.45, 2.75) is 4.21 Å². The molecular formula is C15H16N6O2S2. The van der Waals surface area contributed by atoms with Crippen LogP contribution in [0.2, 0.25) is 0 Å². The highest BCUT2D eigenvalue weighted by atomic mass is 32.2. The molecule has 0 radical (unpaired) electrons. The van der Waals surface area contributed by atoms with Gasteiger partial charge in [-0.3, -0.25) is 0 Å². The topological polar surface area (TPSA) is 109 Å². The van der Waals surface area contributed by atoms with Gasteiger partial charge in [0.05, 0.1) is 0 Å². The van der Waals surface area contributed by atoms with Crippen molar-refractivity contribution in [3.8, 4) is 0 Å². The van der Waals surface area contributed by atoms with Crippen LogP contribution in [-0.4, -0.2) is 36.7 Å². The minimum atomic E-state index is -3.44. The lowest BCUT2D eigenvalue weighted by Crippen LogP contribution is -2.28. The molecule has 0 aromatic carbocycles. The minimum absolute atomic E-state index is 0.246. The summed E-state index contributed by atoms with van der Waals surface area (Å²) in [5.74, 6) is 1.81. The number of rotatable bonds is 8. The molecule has 3 N–H and O–H groups in total. The van der Waals surface area contributed by atoms with Crippen LogP contribution in [0.1, 0.15) is 0 Å². The second-order valence-corrected chi connectivity index (χ2v) is 7.84. The first-order valence-corrected chi connectivity index (χ1v) is 9.79. The van der Waals surface area contributed by atoms with Gasteiger partial charge in [-0.15, -0.1) is 21.5 Å². The molecule has 0 aliphatic heterocycles. The summed E-state index contributed by atoms with van der Waals surface area (Å²) in [6.45, 7) is 0.641. The predicted molar refractivity (Wildman–Crippen MR) is 97.5 cm³/mol. The maximum atomic E-state index is 12.0. The Morgan fingerprint density at radius 3 is 2.44 bits per heavy atom. The second kappa shape index (κ2) is 8.01. The quantitative estimate of drug-likeness (QED) is 0.516. The van der Waals surface area contributed by atoms with Crippen LogP contribution in [-0.2, 0) is 10.0 Å². The Labute approximate surface area is 149 Å². The molecule has 3 aromatic heterocycles. The van der Waals surface area contributed by atoms with Gasteiger partial charge in [-0.05, 0) is 35.7 Å². The lowest BCUT2D eigenvalue weighted by Gasteiger charge is -2.08. The molecule has 0 spiro atoms. The van der Waals surface area contributed by atoms with Crippen molar-refractivity contribution in [1.82, 2.24) is 19.9 Å². The Balaban J connectivity index is 1.46. The highest BCUT2D eigenvalue weighted by molar-refractivity contribution is 7.91. The number of nitrogens with zero attached hydrogens (tertiary/aromatic N) is 3. The van der Waals surface area contributed by atoms with E-state index >= 15 is 0 Å². The van der Waals surface area contributed by atoms with Crippen LogP contribution >= 0.6 is 11.3 Å². The fourth-order valence-electron chi connectivity index (χ4n) is 1.92. The summed E-state index contributed by atoms with van der Waals surface area (Å²) in [6, 6.07) is 12.3. The fraction of sp³-hybridized carbons (Fsp3) is 0.133. The maximum absolute atomic E-state index is 12.0. The summed E-state index contributed by atoms with van der Waals surface area (Å²) in [7, 11) is -3.44. The third kappa shape index (κ3) is 4.95. The molecule has 0 unspecified atom stereocenters. The van der Waals surface area contributed by atoms with E-state index < -0.39 is 10.0 Å². The number of anilines is 3. The van der Waals surface area contributed by atoms with E-state index in [0.717, 1.165) is 0 Å². The van der Waals surface area contributed by atoms with Crippen molar-refractivity contribution in [3.05, 3.63) is 54.0 Å². The van der Waals surface area contributed by atoms with Crippen molar-refractivity contribution in [3.63, 3.8) is 0 Å². The molecule has 0 fully saturated rings. The van der Waals surface area contributed by atoms with Gasteiger partial charge < -0.3 is 10.6 Å². The number of hydrogen-bond acceptors (Lipinski definition) is 8. The number of thiophene rings is 1. The molecule has 0 amide bonds. The Morgan fingerprint density at radius 2 is 1.76 bits per heavy atom. The molecule has 10 heteroatoms. The molecule has 0 atom stereocenters. The third-order valence-corrected chi connectivity index (χ3v) is 5.93. The monoisotopic (exact) mass is 376 g/mol. The lowest BCUT2D eigenvalue weighted by molar-refractivity contribution is 0.585. The molecule has 3 rings (SSSR count). The van der Waals surface area contributed by atoms with Gasteiger partial charge in [0.15, 0.2) is 5.82 Å². The molecule has 8 nitrogen and oxygen atoms in total. The van der Waals surface area contributed by atoms with Crippen molar-refractivity contribution in [2.75, 3.05) is 23.7 Å². The van der Waals surface area contributed by atoms with E-state index in [1.54, 1.807) is 35.8 Å². The van der Waals surface area contributed by atoms with Crippen molar-refractivity contribution in [2.24, 2.45) is 0 Å². The Hall–Kier alpha value is -2.56. The zero-order chi connectivity index (χ0) is 17.5. The molecule has 0 aliphatic carbocycles. The Kier molecular flexibility index (Phi) is 5.53. The van der Waals surface area contributed by atoms with Gasteiger partial charge >= 0.3 is 0 Å². The summed E-state index contributed by atoms with van der Waals surface area (Å²) >= 11 is 1.18. The van der Waals surface area contributed by atoms with Crippen molar-refractivity contribution >= 4 is 38.8 Å². The third-order valence-electron chi connectivity index (χ3n) is 3.07. The molecule has 130 valence electrons. The van der Waals surface area contributed by atoms with E-state index in [1.165, 1.54) is 11.3 Å². The maximum Gasteiger partial charge on any atom is 0.250 e. The lowest BCUT2D eigenvalue weighted by atomic mass is 10.4. The average Bonchev–Trinajstić information content (AvgIpc) is 3.17. The minimum Gasteiger partial charge on any atom is -0.367 e. The highest BCUT2D eigenvalue weighted by Crippen LogP contribution is 2.15. The van der Waals surface area contributed by atoms with Crippen LogP contribution in [0.25, 0.3) is 0 Å². The first-order chi connectivity index (χ1) is 12.1. The molecule has 0 bridgehead atoms. The predicted octanol–water partition coefficient (Wildman–Crippen LogP) is 2.07. The summed E-state index contributed by atoms with van der Waals surface area (Å²) in [6.07, 6.45) is 1.68. The first-order valence-electron chi connectivity index (χ1n) is 7.42. The SMILES string of the molecule is O=S(=O)(NCCNc1ccc(Nc2ccccn2)nn1)c1cccs1. The highest BCUT2D eigenvalue weighted by Gasteiger charge is 2.13. The normalized spacial score (nSPS) is 11.2. The number of aromatic nitrogens is 3. The van der Waals surface area contributed by atoms with E-state index in [1.807, 2.05) is 18.2 Å².